The largest absolute Gasteiger partial charge is 0.494 e. The third-order valence-corrected chi connectivity index (χ3v) is 24.1. The van der Waals surface area contributed by atoms with Gasteiger partial charge in [0, 0.05) is 146 Å². The zero-order chi connectivity index (χ0) is 95.5. The van der Waals surface area contributed by atoms with Gasteiger partial charge >= 0.3 is 0 Å². The van der Waals surface area contributed by atoms with Crippen LogP contribution in [0.25, 0.3) is 0 Å². The predicted octanol–water partition coefficient (Wildman–Crippen LogP) is 19.0. The molecule has 3 atom stereocenters. The number of nitrogens with one attached hydrogen (secondary N) is 7. The van der Waals surface area contributed by atoms with Crippen molar-refractivity contribution in [3.63, 3.8) is 0 Å². The van der Waals surface area contributed by atoms with Crippen LogP contribution in [0.1, 0.15) is 137 Å². The summed E-state index contributed by atoms with van der Waals surface area (Å²) in [6, 6.07) is 24.4. The number of nitrogens with two attached hydrogens (primary N) is 1. The molecular formula is C93H119Cl5F3N21O12. The molecule has 0 unspecified atom stereocenters. The molecule has 134 heavy (non-hydrogen) atoms. The monoisotopic (exact) mass is 1950 g/mol. The molecule has 6 aromatic carbocycles. The zero-order valence-electron chi connectivity index (χ0n) is 74.7. The Bertz CT molecular complexity index is 5560. The van der Waals surface area contributed by atoms with E-state index in [0.29, 0.717) is 121 Å². The maximum absolute atomic E-state index is 14.2. The SMILES string of the molecule is C.C.C=CC(=O)Nc1cc(Nc2nccc(Nc3cc(Cl)c(F)cc3C(C)(C)O)n2)c(OC)cc1N1CCC[C@@H]1CN1CCC1.COc1cc(N2CCC[C@@H]2CN2CCC2)c(N)cc1Nc1nccc(Nc2cc(Cl)c(F)cc2C(C)(C)O)n1.COc1cc(N2CCC[C@@H]2CN2CCC2)c([N+](=O)[O-])cc1Nc1nccc(Nc2cc(Cl)c(F)cc2C(C)(C)O)n1.O=C(Cl)CCCl.O=CO. The standard InChI is InChI=1S/C31H37ClFN7O3.C28H33ClFN7O4.C28H35ClFN7O2.C3H4Cl2O.CH2O2.2CH4/c1-5-29(41)36-24-16-25(27(43-4)17-26(24)40-13-6-8-19(40)18-39-11-7-12-39)37-30-34-10-9-28(38-30)35-23-15-21(32)22(33)14-20(23)31(2,3)42;1-28(2,38)18-12-20(30)19(29)13-21(18)32-26-7-8-31-27(34-26)33-22-14-24(37(39)40)23(15-25(22)41-3)36-11-4-6-17(36)16-35-9-5-10-35;1-28(2,38)18-12-20(30)19(29)13-22(18)33-26-7-8-32-27(35-26)34-23-14-21(31)24(15-25(23)39-3)37-11-4-6-17(37)16-36-9-5-10-36;4-2-1-3(5)6;2-1-3;;/h5,9-10,14-17,19,42H,1,6-8,11-13,18H2,2-4H3,(H,36,41)(H2,34,35,37,38);7-8,12-15,17,38H,4-6,9-11,16H2,1-3H3,(H2,31,32,33,34);7-8,12-15,17,38H,4-6,9-11,16,31H2,1-3H3,(H2,32,33,34,35);1-2H2;1H,(H,2,3);2*1H4/t19-;2*17-;;;;/m111..../s1. The number of methoxy groups -OCH3 is 3. The van der Waals surface area contributed by atoms with Crippen molar-refractivity contribution in [3.05, 3.63) is 182 Å². The number of rotatable bonds is 32. The molecule has 0 aliphatic carbocycles. The van der Waals surface area contributed by atoms with Crippen LogP contribution in [0.4, 0.5) is 117 Å². The van der Waals surface area contributed by atoms with E-state index in [9.17, 15) is 48.2 Å². The number of alkyl halides is 1. The van der Waals surface area contributed by atoms with Gasteiger partial charge < -0.3 is 107 Å². The minimum Gasteiger partial charge on any atom is -0.494 e. The molecule has 0 spiro atoms. The molecule has 41 heteroatoms. The van der Waals surface area contributed by atoms with Crippen LogP contribution in [-0.4, -0.2) is 211 Å². The van der Waals surface area contributed by atoms with Gasteiger partial charge in [-0.3, -0.25) is 24.5 Å². The zero-order valence-corrected chi connectivity index (χ0v) is 78.5. The number of carbonyl (C=O) groups excluding carboxylic acids is 2. The molecule has 1 amide bonds. The number of amides is 1. The van der Waals surface area contributed by atoms with E-state index >= 15 is 0 Å². The molecule has 9 heterocycles. The Balaban J connectivity index is 0.000000214. The molecular weight excluding hydrogens is 1840 g/mol. The summed E-state index contributed by atoms with van der Waals surface area (Å²) >= 11 is 28.0. The average Bonchev–Trinajstić information content (AvgIpc) is 1.59. The number of carboxylic acid groups (broad SMARTS) is 1. The second-order valence-corrected chi connectivity index (χ2v) is 35.7. The second-order valence-electron chi connectivity index (χ2n) is 33.7. The summed E-state index contributed by atoms with van der Waals surface area (Å²) in [4.78, 5) is 83.0. The molecule has 0 radical (unpaired) electrons. The molecule has 33 nitrogen and oxygen atoms in total. The van der Waals surface area contributed by atoms with Crippen LogP contribution in [0, 0.1) is 27.6 Å². The number of nitrogen functional groups attached to an aromatic ring is 1. The van der Waals surface area contributed by atoms with Crippen LogP contribution < -0.4 is 71.9 Å². The summed E-state index contributed by atoms with van der Waals surface area (Å²) in [6.07, 6.45) is 16.2. The number of hydrogen-bond donors (Lipinski definition) is 12. The topological polar surface area (TPSA) is 410 Å². The fraction of sp³-hybridized carbons (Fsp3) is 0.430. The third-order valence-electron chi connectivity index (χ3n) is 22.9. The highest BCUT2D eigenvalue weighted by atomic mass is 35.5. The minimum absolute atomic E-state index is 0. The molecule has 6 aliphatic heterocycles. The molecule has 0 bridgehead atoms. The van der Waals surface area contributed by atoms with Gasteiger partial charge in [0.05, 0.1) is 97.9 Å². The number of aliphatic hydroxyl groups is 3. The van der Waals surface area contributed by atoms with Crippen molar-refractivity contribution in [3.8, 4) is 17.2 Å². The Morgan fingerprint density at radius 3 is 1.15 bits per heavy atom. The number of benzene rings is 6. The van der Waals surface area contributed by atoms with Crippen LogP contribution in [0.3, 0.4) is 0 Å². The highest BCUT2D eigenvalue weighted by Crippen LogP contribution is 2.47. The summed E-state index contributed by atoms with van der Waals surface area (Å²) in [7, 11) is 4.72. The number of halogens is 8. The lowest BCUT2D eigenvalue weighted by Gasteiger charge is -2.37. The number of carbonyl (C=O) groups is 3. The van der Waals surface area contributed by atoms with Gasteiger partial charge in [0.15, 0.2) is 0 Å². The normalized spacial score (nSPS) is 16.3. The highest BCUT2D eigenvalue weighted by Gasteiger charge is 2.37. The maximum atomic E-state index is 14.2. The van der Waals surface area contributed by atoms with E-state index in [-0.39, 0.29) is 88.1 Å². The lowest BCUT2D eigenvalue weighted by Crippen LogP contribution is -2.46. The second kappa shape index (κ2) is 48.3. The summed E-state index contributed by atoms with van der Waals surface area (Å²) in [5.41, 5.74) is 9.84. The van der Waals surface area contributed by atoms with Crippen LogP contribution in [0.5, 0.6) is 17.2 Å². The number of ether oxygens (including phenoxy) is 3. The number of anilines is 17. The maximum Gasteiger partial charge on any atom is 0.294 e. The molecule has 0 saturated carbocycles. The van der Waals surface area contributed by atoms with Gasteiger partial charge in [-0.15, -0.1) is 11.6 Å². The van der Waals surface area contributed by atoms with Crippen molar-refractivity contribution in [1.82, 2.24) is 44.6 Å². The van der Waals surface area contributed by atoms with Crippen LogP contribution >= 0.6 is 58.0 Å². The summed E-state index contributed by atoms with van der Waals surface area (Å²) in [6.45, 7) is 24.9. The fourth-order valence-corrected chi connectivity index (χ4v) is 16.9. The van der Waals surface area contributed by atoms with Crippen molar-refractivity contribution in [2.24, 2.45) is 0 Å². The Kier molecular flexibility index (Phi) is 38.3. The van der Waals surface area contributed by atoms with E-state index in [1.807, 2.05) is 24.3 Å². The Hall–Kier alpha value is -11.3. The van der Waals surface area contributed by atoms with Crippen LogP contribution in [0.15, 0.2) is 122 Å². The minimum atomic E-state index is -1.36. The first-order chi connectivity index (χ1) is 62.9. The molecule has 3 aromatic heterocycles. The summed E-state index contributed by atoms with van der Waals surface area (Å²) < 4.78 is 59.6. The lowest BCUT2D eigenvalue weighted by molar-refractivity contribution is -0.384. The van der Waals surface area contributed by atoms with Crippen molar-refractivity contribution < 1.29 is 67.1 Å². The van der Waals surface area contributed by atoms with Crippen LogP contribution in [-0.2, 0) is 31.2 Å². The van der Waals surface area contributed by atoms with Crippen molar-refractivity contribution in [2.75, 3.05) is 163 Å². The number of aromatic nitrogens is 6. The van der Waals surface area contributed by atoms with Gasteiger partial charge in [-0.05, 0) is 223 Å². The predicted molar refractivity (Wildman–Crippen MR) is 527 cm³/mol. The average molecular weight is 1960 g/mol. The summed E-state index contributed by atoms with van der Waals surface area (Å²) in [5.74, 6) is 1.52. The first kappa shape index (κ1) is 106. The van der Waals surface area contributed by atoms with Gasteiger partial charge in [0.25, 0.3) is 12.2 Å². The van der Waals surface area contributed by atoms with E-state index in [4.69, 9.17) is 87.9 Å². The van der Waals surface area contributed by atoms with Gasteiger partial charge in [0.2, 0.25) is 29.0 Å². The van der Waals surface area contributed by atoms with Crippen LogP contribution in [0.2, 0.25) is 15.1 Å². The Morgan fingerprint density at radius 1 is 0.515 bits per heavy atom. The number of nitro benzene ring substituents is 1. The number of nitro groups is 1. The number of hydrogen-bond acceptors (Lipinski definition) is 30. The van der Waals surface area contributed by atoms with Gasteiger partial charge in [-0.25, -0.2) is 28.1 Å². The van der Waals surface area contributed by atoms with E-state index in [0.717, 1.165) is 115 Å². The van der Waals surface area contributed by atoms with Gasteiger partial charge in [-0.2, -0.15) is 15.0 Å². The molecule has 724 valence electrons. The Morgan fingerprint density at radius 2 is 0.843 bits per heavy atom. The van der Waals surface area contributed by atoms with E-state index in [1.165, 1.54) is 108 Å². The molecule has 6 fully saturated rings. The van der Waals surface area contributed by atoms with E-state index in [2.05, 4.69) is 103 Å². The molecule has 6 aliphatic rings. The van der Waals surface area contributed by atoms with Gasteiger partial charge in [0.1, 0.15) is 57.8 Å². The van der Waals surface area contributed by atoms with E-state index in [1.54, 1.807) is 78.6 Å². The molecule has 15 rings (SSSR count). The molecule has 6 saturated heterocycles. The fourth-order valence-electron chi connectivity index (χ4n) is 16.1. The summed E-state index contributed by atoms with van der Waals surface area (Å²) in [5, 5.41) is 71.8. The third kappa shape index (κ3) is 28.2. The van der Waals surface area contributed by atoms with Crippen molar-refractivity contribution in [2.45, 2.75) is 156 Å². The van der Waals surface area contributed by atoms with Crippen molar-refractivity contribution >= 4 is 179 Å². The lowest BCUT2D eigenvalue weighted by atomic mass is 9.96. The highest BCUT2D eigenvalue weighted by molar-refractivity contribution is 6.63. The number of nitrogens with zero attached hydrogens (tertiary/aromatic N) is 13. The van der Waals surface area contributed by atoms with Gasteiger partial charge in [-0.1, -0.05) is 56.2 Å². The smallest absolute Gasteiger partial charge is 0.294 e. The van der Waals surface area contributed by atoms with Crippen molar-refractivity contribution in [1.29, 1.82) is 0 Å². The van der Waals surface area contributed by atoms with E-state index < -0.39 is 34.3 Å². The first-order valence-corrected chi connectivity index (χ1v) is 45.0. The first-order valence-electron chi connectivity index (χ1n) is 42.9. The molecule has 9 aromatic rings. The Labute approximate surface area is 803 Å². The molecule has 13 N–H and O–H groups in total. The number of likely N-dealkylation sites (tertiary alicyclic amines) is 3. The quantitative estimate of drug-likeness (QED) is 0.00354.